The van der Waals surface area contributed by atoms with Crippen molar-refractivity contribution in [3.8, 4) is 12.3 Å². The predicted octanol–water partition coefficient (Wildman–Crippen LogP) is -0.262. The van der Waals surface area contributed by atoms with Crippen LogP contribution in [0.5, 0.6) is 0 Å². The number of carbonyl (C=O) groups is 1. The van der Waals surface area contributed by atoms with Gasteiger partial charge in [0, 0.05) is 19.5 Å². The van der Waals surface area contributed by atoms with Crippen LogP contribution < -0.4 is 10.2 Å². The van der Waals surface area contributed by atoms with Crippen molar-refractivity contribution in [2.75, 3.05) is 84.1 Å². The Morgan fingerprint density at radius 1 is 1.13 bits per heavy atom. The Balaban J connectivity index is 1.10. The monoisotopic (exact) mass is 568 g/mol. The minimum atomic E-state index is -0.806. The van der Waals surface area contributed by atoms with Crippen molar-refractivity contribution in [3.05, 3.63) is 11.5 Å². The van der Waals surface area contributed by atoms with Gasteiger partial charge in [-0.15, -0.1) is 6.42 Å². The van der Waals surface area contributed by atoms with Gasteiger partial charge in [0.1, 0.15) is 18.5 Å². The fourth-order valence-electron chi connectivity index (χ4n) is 3.94. The SMILES string of the molecule is C#CCOCCOCCOCCOCCC(=O)NC1CN(c2nc(Cl)nc3c2cnn3C2OCC(CO)O2)C1. The summed E-state index contributed by atoms with van der Waals surface area (Å²) in [4.78, 5) is 22.9. The first-order valence-electron chi connectivity index (χ1n) is 12.7. The molecule has 2 aliphatic heterocycles. The van der Waals surface area contributed by atoms with Gasteiger partial charge in [-0.1, -0.05) is 5.92 Å². The van der Waals surface area contributed by atoms with Gasteiger partial charge in [-0.05, 0) is 11.6 Å². The zero-order valence-corrected chi connectivity index (χ0v) is 22.3. The molecular weight excluding hydrogens is 536 g/mol. The third-order valence-corrected chi connectivity index (χ3v) is 6.03. The number of aliphatic hydroxyl groups is 1. The molecule has 1 amide bonds. The molecule has 2 saturated heterocycles. The van der Waals surface area contributed by atoms with Gasteiger partial charge in [0.15, 0.2) is 5.65 Å². The van der Waals surface area contributed by atoms with Crippen LogP contribution in [-0.2, 0) is 33.2 Å². The second-order valence-corrected chi connectivity index (χ2v) is 9.08. The van der Waals surface area contributed by atoms with E-state index >= 15 is 0 Å². The molecule has 0 radical (unpaired) electrons. The van der Waals surface area contributed by atoms with Crippen LogP contribution in [0.3, 0.4) is 0 Å². The molecule has 0 aromatic carbocycles. The maximum Gasteiger partial charge on any atom is 0.262 e. The minimum Gasteiger partial charge on any atom is -0.394 e. The fraction of sp³-hybridized carbons (Fsp3) is 0.667. The Bertz CT molecular complexity index is 1110. The highest BCUT2D eigenvalue weighted by molar-refractivity contribution is 6.28. The Kier molecular flexibility index (Phi) is 11.5. The molecule has 0 bridgehead atoms. The van der Waals surface area contributed by atoms with Gasteiger partial charge < -0.3 is 43.7 Å². The molecule has 2 atom stereocenters. The van der Waals surface area contributed by atoms with Gasteiger partial charge in [0.25, 0.3) is 6.41 Å². The molecule has 0 aliphatic carbocycles. The van der Waals surface area contributed by atoms with E-state index in [1.165, 1.54) is 4.68 Å². The second-order valence-electron chi connectivity index (χ2n) is 8.74. The number of nitrogens with zero attached hydrogens (tertiary/aromatic N) is 5. The molecule has 4 rings (SSSR count). The van der Waals surface area contributed by atoms with E-state index in [-0.39, 0.29) is 43.5 Å². The van der Waals surface area contributed by atoms with Crippen molar-refractivity contribution >= 4 is 34.4 Å². The van der Waals surface area contributed by atoms with Crippen molar-refractivity contribution in [2.24, 2.45) is 0 Å². The predicted molar refractivity (Wildman–Crippen MR) is 138 cm³/mol. The lowest BCUT2D eigenvalue weighted by molar-refractivity contribution is -0.124. The van der Waals surface area contributed by atoms with E-state index in [1.807, 2.05) is 4.90 Å². The van der Waals surface area contributed by atoms with Crippen LogP contribution in [0.15, 0.2) is 6.20 Å². The van der Waals surface area contributed by atoms with Crippen molar-refractivity contribution in [2.45, 2.75) is 25.0 Å². The number of nitrogens with one attached hydrogen (secondary N) is 1. The molecular formula is C24H33ClN6O8. The summed E-state index contributed by atoms with van der Waals surface area (Å²) < 4.78 is 34.0. The molecule has 2 fully saturated rings. The highest BCUT2D eigenvalue weighted by atomic mass is 35.5. The normalized spacial score (nSPS) is 19.4. The highest BCUT2D eigenvalue weighted by Crippen LogP contribution is 2.31. The van der Waals surface area contributed by atoms with Crippen molar-refractivity contribution in [1.82, 2.24) is 25.1 Å². The number of aliphatic hydroxyl groups excluding tert-OH is 1. The molecule has 2 aromatic rings. The number of aromatic nitrogens is 4. The molecule has 14 nitrogen and oxygen atoms in total. The van der Waals surface area contributed by atoms with Crippen LogP contribution in [-0.4, -0.2) is 122 Å². The minimum absolute atomic E-state index is 0.0246. The first-order valence-corrected chi connectivity index (χ1v) is 13.0. The van der Waals surface area contributed by atoms with Crippen LogP contribution in [0.4, 0.5) is 5.82 Å². The lowest BCUT2D eigenvalue weighted by Crippen LogP contribution is -2.59. The maximum absolute atomic E-state index is 12.3. The van der Waals surface area contributed by atoms with Gasteiger partial charge in [0.05, 0.1) is 77.1 Å². The number of hydrogen-bond acceptors (Lipinski definition) is 12. The molecule has 2 N–H and O–H groups in total. The van der Waals surface area contributed by atoms with E-state index in [4.69, 9.17) is 46.4 Å². The molecule has 4 heterocycles. The molecule has 2 aliphatic rings. The lowest BCUT2D eigenvalue weighted by atomic mass is 10.1. The zero-order valence-electron chi connectivity index (χ0n) is 21.5. The number of anilines is 1. The largest absolute Gasteiger partial charge is 0.394 e. The highest BCUT2D eigenvalue weighted by Gasteiger charge is 2.33. The van der Waals surface area contributed by atoms with Crippen molar-refractivity contribution < 1.29 is 38.3 Å². The van der Waals surface area contributed by atoms with Crippen LogP contribution >= 0.6 is 11.6 Å². The molecule has 214 valence electrons. The molecule has 2 aromatic heterocycles. The van der Waals surface area contributed by atoms with E-state index < -0.39 is 12.5 Å². The smallest absolute Gasteiger partial charge is 0.262 e. The number of fused-ring (bicyclic) bond motifs is 1. The van der Waals surface area contributed by atoms with Crippen LogP contribution in [0.25, 0.3) is 11.0 Å². The Morgan fingerprint density at radius 2 is 1.82 bits per heavy atom. The number of carbonyl (C=O) groups excluding carboxylic acids is 1. The third kappa shape index (κ3) is 8.44. The van der Waals surface area contributed by atoms with E-state index in [1.54, 1.807) is 6.20 Å². The van der Waals surface area contributed by atoms with E-state index in [0.29, 0.717) is 76.2 Å². The van der Waals surface area contributed by atoms with E-state index in [0.717, 1.165) is 0 Å². The number of rotatable bonds is 17. The summed E-state index contributed by atoms with van der Waals surface area (Å²) in [7, 11) is 0. The van der Waals surface area contributed by atoms with Crippen LogP contribution in [0.1, 0.15) is 12.8 Å². The summed E-state index contributed by atoms with van der Waals surface area (Å²) in [5, 5.41) is 17.3. The van der Waals surface area contributed by atoms with E-state index in [9.17, 15) is 9.90 Å². The Labute approximate surface area is 230 Å². The molecule has 39 heavy (non-hydrogen) atoms. The fourth-order valence-corrected chi connectivity index (χ4v) is 4.10. The average Bonchev–Trinajstić information content (AvgIpc) is 3.55. The number of ether oxygens (including phenoxy) is 6. The number of halogens is 1. The van der Waals surface area contributed by atoms with Crippen molar-refractivity contribution in [3.63, 3.8) is 0 Å². The van der Waals surface area contributed by atoms with Crippen LogP contribution in [0, 0.1) is 12.3 Å². The molecule has 2 unspecified atom stereocenters. The number of terminal acetylenes is 1. The third-order valence-electron chi connectivity index (χ3n) is 5.86. The van der Waals surface area contributed by atoms with Gasteiger partial charge in [0.2, 0.25) is 11.2 Å². The maximum atomic E-state index is 12.3. The molecule has 0 spiro atoms. The number of hydrogen-bond donors (Lipinski definition) is 2. The van der Waals surface area contributed by atoms with Gasteiger partial charge in [-0.3, -0.25) is 4.79 Å². The van der Waals surface area contributed by atoms with Crippen LogP contribution in [0.2, 0.25) is 5.28 Å². The summed E-state index contributed by atoms with van der Waals surface area (Å²) in [6.45, 7) is 4.47. The summed E-state index contributed by atoms with van der Waals surface area (Å²) in [6, 6.07) is -0.0246. The zero-order chi connectivity index (χ0) is 27.5. The average molecular weight is 569 g/mol. The lowest BCUT2D eigenvalue weighted by Gasteiger charge is -2.40. The van der Waals surface area contributed by atoms with Crippen molar-refractivity contribution in [1.29, 1.82) is 0 Å². The van der Waals surface area contributed by atoms with Gasteiger partial charge in [-0.25, -0.2) is 0 Å². The van der Waals surface area contributed by atoms with Gasteiger partial charge in [-0.2, -0.15) is 19.7 Å². The summed E-state index contributed by atoms with van der Waals surface area (Å²) in [5.41, 5.74) is 0.459. The van der Waals surface area contributed by atoms with E-state index in [2.05, 4.69) is 26.3 Å². The first kappa shape index (κ1) is 29.4. The topological polar surface area (TPSA) is 152 Å². The quantitative estimate of drug-likeness (QED) is 0.147. The standard InChI is InChI=1S/C24H33ClN6O8/c1-2-4-34-6-8-36-10-11-37-9-7-35-5-3-20(33)27-17-13-30(14-17)21-19-12-26-31(22(19)29-23(25)28-21)24-38-16-18(15-32)39-24/h1,12,17-18,24,32H,3-11,13-16H2,(H,27,33). The Hall–Kier alpha value is -2.61. The van der Waals surface area contributed by atoms with Gasteiger partial charge >= 0.3 is 0 Å². The second kappa shape index (κ2) is 15.2. The first-order chi connectivity index (χ1) is 19.1. The summed E-state index contributed by atoms with van der Waals surface area (Å²) in [5.74, 6) is 2.91. The molecule has 0 saturated carbocycles. The Morgan fingerprint density at radius 3 is 2.49 bits per heavy atom. The molecule has 15 heteroatoms. The summed E-state index contributed by atoms with van der Waals surface area (Å²) in [6.07, 6.45) is 5.73. The number of amides is 1. The summed E-state index contributed by atoms with van der Waals surface area (Å²) >= 11 is 6.19.